The van der Waals surface area contributed by atoms with Crippen molar-refractivity contribution in [1.82, 2.24) is 14.9 Å². The van der Waals surface area contributed by atoms with Crippen molar-refractivity contribution in [3.05, 3.63) is 60.4 Å². The van der Waals surface area contributed by atoms with Crippen molar-refractivity contribution < 1.29 is 4.79 Å². The summed E-state index contributed by atoms with van der Waals surface area (Å²) in [5.74, 6) is 0.975. The second kappa shape index (κ2) is 6.65. The fraction of sp³-hybridized carbons (Fsp3) is 0.263. The number of rotatable bonds is 5. The molecule has 4 heteroatoms. The number of hydrogen-bond donors (Lipinski definition) is 1. The first-order valence-corrected chi connectivity index (χ1v) is 7.96. The molecule has 0 spiro atoms. The van der Waals surface area contributed by atoms with Crippen LogP contribution >= 0.6 is 0 Å². The van der Waals surface area contributed by atoms with Gasteiger partial charge in [0.25, 0.3) is 0 Å². The minimum Gasteiger partial charge on any atom is -0.354 e. The van der Waals surface area contributed by atoms with Crippen LogP contribution in [0, 0.1) is 0 Å². The van der Waals surface area contributed by atoms with Crippen LogP contribution in [-0.2, 0) is 11.2 Å². The third-order valence-electron chi connectivity index (χ3n) is 3.67. The number of aromatic nitrogens is 2. The zero-order chi connectivity index (χ0) is 16.2. The zero-order valence-corrected chi connectivity index (χ0v) is 13.5. The Kier molecular flexibility index (Phi) is 4.42. The number of nitrogens with one attached hydrogen (secondary N) is 1. The molecule has 0 bridgehead atoms. The minimum absolute atomic E-state index is 0.0617. The molecule has 0 saturated heterocycles. The van der Waals surface area contributed by atoms with Gasteiger partial charge in [-0.05, 0) is 38.1 Å². The predicted molar refractivity (Wildman–Crippen MR) is 92.7 cm³/mol. The number of nitrogens with zero attached hydrogens (tertiary/aromatic N) is 2. The molecule has 0 aliphatic carbocycles. The highest BCUT2D eigenvalue weighted by Crippen LogP contribution is 2.22. The first-order chi connectivity index (χ1) is 11.1. The molecular weight excluding hydrogens is 286 g/mol. The first-order valence-electron chi connectivity index (χ1n) is 7.96. The Hall–Kier alpha value is -2.62. The molecule has 118 valence electrons. The van der Waals surface area contributed by atoms with Crippen molar-refractivity contribution in [2.45, 2.75) is 32.7 Å². The summed E-state index contributed by atoms with van der Waals surface area (Å²) < 4.78 is 2.14. The molecule has 2 aromatic carbocycles. The second-order valence-electron chi connectivity index (χ2n) is 5.91. The van der Waals surface area contributed by atoms with Crippen molar-refractivity contribution in [3.8, 4) is 5.69 Å². The van der Waals surface area contributed by atoms with Gasteiger partial charge in [0.1, 0.15) is 5.82 Å². The van der Waals surface area contributed by atoms with Crippen LogP contribution < -0.4 is 5.32 Å². The van der Waals surface area contributed by atoms with E-state index in [0.717, 1.165) is 22.5 Å². The number of carbonyl (C=O) groups excluding carboxylic acids is 1. The second-order valence-corrected chi connectivity index (χ2v) is 5.91. The van der Waals surface area contributed by atoms with Gasteiger partial charge < -0.3 is 5.32 Å². The lowest BCUT2D eigenvalue weighted by molar-refractivity contribution is -0.121. The van der Waals surface area contributed by atoms with Crippen LogP contribution in [0.25, 0.3) is 16.7 Å². The summed E-state index contributed by atoms with van der Waals surface area (Å²) >= 11 is 0. The summed E-state index contributed by atoms with van der Waals surface area (Å²) in [7, 11) is 0. The van der Waals surface area contributed by atoms with Crippen molar-refractivity contribution in [2.24, 2.45) is 0 Å². The Balaban J connectivity index is 1.95. The van der Waals surface area contributed by atoms with Crippen molar-refractivity contribution >= 4 is 16.9 Å². The van der Waals surface area contributed by atoms with Gasteiger partial charge in [-0.25, -0.2) is 4.98 Å². The third-order valence-corrected chi connectivity index (χ3v) is 3.67. The molecule has 1 N–H and O–H groups in total. The van der Waals surface area contributed by atoms with E-state index in [0.29, 0.717) is 12.8 Å². The van der Waals surface area contributed by atoms with E-state index in [-0.39, 0.29) is 11.9 Å². The fourth-order valence-electron chi connectivity index (χ4n) is 2.73. The summed E-state index contributed by atoms with van der Waals surface area (Å²) in [6, 6.07) is 18.4. The van der Waals surface area contributed by atoms with Gasteiger partial charge in [0.05, 0.1) is 11.0 Å². The van der Waals surface area contributed by atoms with Gasteiger partial charge in [0, 0.05) is 24.6 Å². The van der Waals surface area contributed by atoms with Crippen LogP contribution in [0.4, 0.5) is 0 Å². The van der Waals surface area contributed by atoms with E-state index < -0.39 is 0 Å². The SMILES string of the molecule is CC(C)NC(=O)CCc1nc2ccccc2n1-c1ccccc1. The lowest BCUT2D eigenvalue weighted by Crippen LogP contribution is -2.30. The van der Waals surface area contributed by atoms with Gasteiger partial charge in [0.2, 0.25) is 5.91 Å². The molecule has 3 aromatic rings. The normalized spacial score (nSPS) is 11.1. The monoisotopic (exact) mass is 307 g/mol. The molecule has 0 aliphatic rings. The summed E-state index contributed by atoms with van der Waals surface area (Å²) in [5.41, 5.74) is 3.09. The van der Waals surface area contributed by atoms with Crippen LogP contribution in [0.2, 0.25) is 0 Å². The lowest BCUT2D eigenvalue weighted by Gasteiger charge is -2.10. The number of imidazole rings is 1. The van der Waals surface area contributed by atoms with Gasteiger partial charge in [-0.2, -0.15) is 0 Å². The molecule has 0 saturated carbocycles. The van der Waals surface area contributed by atoms with Crippen molar-refractivity contribution in [3.63, 3.8) is 0 Å². The molecule has 0 unspecified atom stereocenters. The summed E-state index contributed by atoms with van der Waals surface area (Å²) in [4.78, 5) is 16.7. The molecule has 0 fully saturated rings. The highest BCUT2D eigenvalue weighted by molar-refractivity contribution is 5.79. The fourth-order valence-corrected chi connectivity index (χ4v) is 2.73. The highest BCUT2D eigenvalue weighted by atomic mass is 16.1. The average Bonchev–Trinajstić information content (AvgIpc) is 2.91. The number of amides is 1. The summed E-state index contributed by atoms with van der Waals surface area (Å²) in [5, 5.41) is 2.93. The maximum absolute atomic E-state index is 11.9. The predicted octanol–water partition coefficient (Wildman–Crippen LogP) is 3.48. The standard InChI is InChI=1S/C19H21N3O/c1-14(2)20-19(23)13-12-18-21-16-10-6-7-11-17(16)22(18)15-8-4-3-5-9-15/h3-11,14H,12-13H2,1-2H3,(H,20,23). The largest absolute Gasteiger partial charge is 0.354 e. The van der Waals surface area contributed by atoms with Gasteiger partial charge >= 0.3 is 0 Å². The van der Waals surface area contributed by atoms with Crippen LogP contribution in [0.1, 0.15) is 26.1 Å². The van der Waals surface area contributed by atoms with Gasteiger partial charge in [-0.1, -0.05) is 30.3 Å². The smallest absolute Gasteiger partial charge is 0.220 e. The van der Waals surface area contributed by atoms with Gasteiger partial charge in [-0.3, -0.25) is 9.36 Å². The number of benzene rings is 2. The molecule has 0 aliphatic heterocycles. The number of para-hydroxylation sites is 3. The van der Waals surface area contributed by atoms with Gasteiger partial charge in [0.15, 0.2) is 0 Å². The minimum atomic E-state index is 0.0617. The van der Waals surface area contributed by atoms with E-state index in [1.807, 2.05) is 50.2 Å². The molecule has 23 heavy (non-hydrogen) atoms. The summed E-state index contributed by atoms with van der Waals surface area (Å²) in [6.45, 7) is 3.94. The van der Waals surface area contributed by atoms with Crippen LogP contribution in [0.15, 0.2) is 54.6 Å². The van der Waals surface area contributed by atoms with Crippen LogP contribution in [0.5, 0.6) is 0 Å². The summed E-state index contributed by atoms with van der Waals surface area (Å²) in [6.07, 6.45) is 1.05. The molecule has 3 rings (SSSR count). The van der Waals surface area contributed by atoms with E-state index in [9.17, 15) is 4.79 Å². The molecule has 1 aromatic heterocycles. The van der Waals surface area contributed by atoms with Crippen LogP contribution in [0.3, 0.4) is 0 Å². The number of aryl methyl sites for hydroxylation is 1. The number of carbonyl (C=O) groups is 1. The maximum Gasteiger partial charge on any atom is 0.220 e. The third kappa shape index (κ3) is 3.42. The Morgan fingerprint density at radius 1 is 1.09 bits per heavy atom. The van der Waals surface area contributed by atoms with E-state index in [1.165, 1.54) is 0 Å². The van der Waals surface area contributed by atoms with Gasteiger partial charge in [-0.15, -0.1) is 0 Å². The molecule has 1 heterocycles. The topological polar surface area (TPSA) is 46.9 Å². The Labute approximate surface area is 136 Å². The Morgan fingerprint density at radius 3 is 2.52 bits per heavy atom. The van der Waals surface area contributed by atoms with Crippen LogP contribution in [-0.4, -0.2) is 21.5 Å². The highest BCUT2D eigenvalue weighted by Gasteiger charge is 2.13. The Bertz CT molecular complexity index is 806. The molecule has 0 atom stereocenters. The molecule has 1 amide bonds. The number of fused-ring (bicyclic) bond motifs is 1. The average molecular weight is 307 g/mol. The lowest BCUT2D eigenvalue weighted by atomic mass is 10.2. The van der Waals surface area contributed by atoms with E-state index in [4.69, 9.17) is 4.98 Å². The first kappa shape index (κ1) is 15.3. The van der Waals surface area contributed by atoms with Crippen molar-refractivity contribution in [1.29, 1.82) is 0 Å². The van der Waals surface area contributed by atoms with E-state index in [1.54, 1.807) is 0 Å². The van der Waals surface area contributed by atoms with Crippen molar-refractivity contribution in [2.75, 3.05) is 0 Å². The molecular formula is C19H21N3O. The Morgan fingerprint density at radius 2 is 1.78 bits per heavy atom. The number of hydrogen-bond acceptors (Lipinski definition) is 2. The zero-order valence-electron chi connectivity index (χ0n) is 13.5. The van der Waals surface area contributed by atoms with E-state index in [2.05, 4.69) is 28.1 Å². The molecule has 4 nitrogen and oxygen atoms in total. The molecule has 0 radical (unpaired) electrons. The van der Waals surface area contributed by atoms with E-state index >= 15 is 0 Å². The maximum atomic E-state index is 11.9. The quantitative estimate of drug-likeness (QED) is 0.784.